The van der Waals surface area contributed by atoms with Gasteiger partial charge in [0.15, 0.2) is 0 Å². The van der Waals surface area contributed by atoms with E-state index in [1.807, 2.05) is 0 Å². The summed E-state index contributed by atoms with van der Waals surface area (Å²) in [5.74, 6) is -1.65. The number of halogens is 1. The summed E-state index contributed by atoms with van der Waals surface area (Å²) in [7, 11) is 2.67. The maximum atomic E-state index is 12.3. The van der Waals surface area contributed by atoms with E-state index >= 15 is 0 Å². The first kappa shape index (κ1) is 16.8. The molecule has 0 spiro atoms. The van der Waals surface area contributed by atoms with Crippen molar-refractivity contribution in [3.8, 4) is 0 Å². The summed E-state index contributed by atoms with van der Waals surface area (Å²) in [6.07, 6.45) is 0.924. The Morgan fingerprint density at radius 3 is 2.71 bits per heavy atom. The van der Waals surface area contributed by atoms with E-state index in [4.69, 9.17) is 11.6 Å². The molecule has 1 rings (SSSR count). The maximum Gasteiger partial charge on any atom is 0.310 e. The Balaban J connectivity index is 3.00. The Kier molecular flexibility index (Phi) is 5.60. The smallest absolute Gasteiger partial charge is 0.310 e. The molecule has 0 fully saturated rings. The highest BCUT2D eigenvalue weighted by molar-refractivity contribution is 6.29. The molecule has 114 valence electrons. The van der Waals surface area contributed by atoms with Gasteiger partial charge < -0.3 is 9.64 Å². The average Bonchev–Trinajstić information content (AvgIpc) is 2.44. The third-order valence-corrected chi connectivity index (χ3v) is 2.98. The number of rotatable bonds is 5. The van der Waals surface area contributed by atoms with Crippen molar-refractivity contribution >= 4 is 29.2 Å². The van der Waals surface area contributed by atoms with Gasteiger partial charge in [-0.15, -0.1) is 0 Å². The van der Waals surface area contributed by atoms with Crippen LogP contribution in [0.15, 0.2) is 12.3 Å². The van der Waals surface area contributed by atoms with Crippen molar-refractivity contribution in [3.63, 3.8) is 0 Å². The summed E-state index contributed by atoms with van der Waals surface area (Å²) >= 11 is 5.67. The summed E-state index contributed by atoms with van der Waals surface area (Å²) in [6.45, 7) is 1.64. The molecule has 0 saturated heterocycles. The third-order valence-electron chi connectivity index (χ3n) is 2.77. The summed E-state index contributed by atoms with van der Waals surface area (Å²) in [5.41, 5.74) is -0.624. The number of nitrogens with zero attached hydrogens (tertiary/aromatic N) is 3. The minimum Gasteiger partial charge on any atom is -0.469 e. The van der Waals surface area contributed by atoms with Crippen LogP contribution >= 0.6 is 11.6 Å². The molecule has 0 aliphatic rings. The van der Waals surface area contributed by atoms with Gasteiger partial charge in [-0.25, -0.2) is 4.98 Å². The Labute approximate surface area is 125 Å². The average molecular weight is 316 g/mol. The van der Waals surface area contributed by atoms with Gasteiger partial charge in [0.2, 0.25) is 0 Å². The molecule has 1 heterocycles. The van der Waals surface area contributed by atoms with Crippen molar-refractivity contribution in [2.24, 2.45) is 5.92 Å². The fourth-order valence-corrected chi connectivity index (χ4v) is 1.87. The molecule has 0 saturated carbocycles. The monoisotopic (exact) mass is 315 g/mol. The lowest BCUT2D eigenvalue weighted by molar-refractivity contribution is -0.385. The zero-order valence-corrected chi connectivity index (χ0v) is 12.5. The van der Waals surface area contributed by atoms with Crippen LogP contribution in [0, 0.1) is 16.0 Å². The first-order valence-corrected chi connectivity index (χ1v) is 6.29. The lowest BCUT2D eigenvalue weighted by Crippen LogP contribution is -2.34. The number of esters is 1. The molecule has 8 nitrogen and oxygen atoms in total. The number of ether oxygens (including phenoxy) is 1. The van der Waals surface area contributed by atoms with E-state index in [-0.39, 0.29) is 17.3 Å². The van der Waals surface area contributed by atoms with Gasteiger partial charge in [-0.3, -0.25) is 19.7 Å². The number of hydrogen-bond donors (Lipinski definition) is 0. The Morgan fingerprint density at radius 1 is 1.57 bits per heavy atom. The number of hydrogen-bond acceptors (Lipinski definition) is 6. The van der Waals surface area contributed by atoms with Crippen molar-refractivity contribution in [2.75, 3.05) is 20.7 Å². The lowest BCUT2D eigenvalue weighted by atomic mass is 10.1. The van der Waals surface area contributed by atoms with Crippen molar-refractivity contribution in [1.82, 2.24) is 9.88 Å². The Morgan fingerprint density at radius 2 is 2.19 bits per heavy atom. The molecule has 1 amide bonds. The fraction of sp³-hybridized carbons (Fsp3) is 0.417. The van der Waals surface area contributed by atoms with Gasteiger partial charge in [-0.1, -0.05) is 18.5 Å². The first-order valence-electron chi connectivity index (χ1n) is 5.91. The maximum absolute atomic E-state index is 12.3. The van der Waals surface area contributed by atoms with Crippen molar-refractivity contribution in [3.05, 3.63) is 33.1 Å². The second kappa shape index (κ2) is 6.98. The molecule has 0 radical (unpaired) electrons. The van der Waals surface area contributed by atoms with Gasteiger partial charge in [0.05, 0.1) is 18.0 Å². The van der Waals surface area contributed by atoms with Crippen molar-refractivity contribution in [2.45, 2.75) is 6.92 Å². The zero-order chi connectivity index (χ0) is 16.2. The van der Waals surface area contributed by atoms with Crippen LogP contribution in [0.2, 0.25) is 5.15 Å². The molecule has 21 heavy (non-hydrogen) atoms. The van der Waals surface area contributed by atoms with Crippen LogP contribution in [0.1, 0.15) is 17.3 Å². The van der Waals surface area contributed by atoms with Gasteiger partial charge in [-0.05, 0) is 6.07 Å². The minimum absolute atomic E-state index is 0.0293. The minimum atomic E-state index is -0.714. The highest BCUT2D eigenvalue weighted by Gasteiger charge is 2.26. The molecule has 1 aromatic rings. The van der Waals surface area contributed by atoms with E-state index in [0.717, 1.165) is 12.3 Å². The Hall–Kier alpha value is -2.22. The van der Waals surface area contributed by atoms with Crippen LogP contribution in [0.5, 0.6) is 0 Å². The third kappa shape index (κ3) is 4.12. The second-order valence-electron chi connectivity index (χ2n) is 4.39. The number of nitro groups is 1. The van der Waals surface area contributed by atoms with Crippen LogP contribution < -0.4 is 0 Å². The number of amides is 1. The molecule has 0 aromatic carbocycles. The molecular weight excluding hydrogens is 302 g/mol. The van der Waals surface area contributed by atoms with Crippen molar-refractivity contribution < 1.29 is 19.2 Å². The number of carbonyl (C=O) groups excluding carboxylic acids is 2. The predicted molar refractivity (Wildman–Crippen MR) is 74.0 cm³/mol. The van der Waals surface area contributed by atoms with Crippen LogP contribution in [-0.2, 0) is 9.53 Å². The van der Waals surface area contributed by atoms with Gasteiger partial charge >= 0.3 is 5.97 Å². The highest BCUT2D eigenvalue weighted by Crippen LogP contribution is 2.22. The first-order chi connectivity index (χ1) is 9.77. The van der Waals surface area contributed by atoms with E-state index in [1.54, 1.807) is 6.92 Å². The Bertz CT molecular complexity index is 578. The van der Waals surface area contributed by atoms with Gasteiger partial charge in [0.25, 0.3) is 11.6 Å². The number of methoxy groups -OCH3 is 1. The quantitative estimate of drug-likeness (QED) is 0.353. The van der Waals surface area contributed by atoms with Crippen LogP contribution in [0.3, 0.4) is 0 Å². The molecule has 0 aliphatic heterocycles. The molecule has 1 unspecified atom stereocenters. The molecule has 0 N–H and O–H groups in total. The zero-order valence-electron chi connectivity index (χ0n) is 11.7. The SMILES string of the molecule is COC(=O)C(C)CN(C)C(=O)c1cc(Cl)ncc1[N+](=O)[O-]. The number of pyridine rings is 1. The molecule has 1 atom stereocenters. The van der Waals surface area contributed by atoms with Crippen molar-refractivity contribution in [1.29, 1.82) is 0 Å². The summed E-state index contributed by atoms with van der Waals surface area (Å²) in [6, 6.07) is 1.13. The largest absolute Gasteiger partial charge is 0.469 e. The van der Waals surface area contributed by atoms with Crippen LogP contribution in [-0.4, -0.2) is 47.4 Å². The lowest BCUT2D eigenvalue weighted by Gasteiger charge is -2.20. The molecule has 1 aromatic heterocycles. The van der Waals surface area contributed by atoms with Crippen LogP contribution in [0.4, 0.5) is 5.69 Å². The van der Waals surface area contributed by atoms with Crippen LogP contribution in [0.25, 0.3) is 0 Å². The highest BCUT2D eigenvalue weighted by atomic mass is 35.5. The fourth-order valence-electron chi connectivity index (χ4n) is 1.71. The molecule has 0 bridgehead atoms. The molecular formula is C12H14ClN3O5. The van der Waals surface area contributed by atoms with E-state index in [0.29, 0.717) is 0 Å². The number of carbonyl (C=O) groups is 2. The second-order valence-corrected chi connectivity index (χ2v) is 4.78. The number of aromatic nitrogens is 1. The standard InChI is InChI=1S/C12H14ClN3O5/c1-7(12(18)21-3)6-15(2)11(17)8-4-10(13)14-5-9(8)16(19)20/h4-5,7H,6H2,1-3H3. The van der Waals surface area contributed by atoms with E-state index in [1.165, 1.54) is 19.1 Å². The molecule has 9 heteroatoms. The van der Waals surface area contributed by atoms with E-state index in [9.17, 15) is 19.7 Å². The summed E-state index contributed by atoms with van der Waals surface area (Å²) in [4.78, 5) is 38.6. The predicted octanol–water partition coefficient (Wildman–Crippen LogP) is 1.52. The normalized spacial score (nSPS) is 11.6. The summed E-state index contributed by atoms with van der Waals surface area (Å²) < 4.78 is 4.56. The summed E-state index contributed by atoms with van der Waals surface area (Å²) in [5, 5.41) is 10.9. The molecule has 0 aliphatic carbocycles. The van der Waals surface area contributed by atoms with E-state index < -0.39 is 28.4 Å². The van der Waals surface area contributed by atoms with E-state index in [2.05, 4.69) is 9.72 Å². The van der Waals surface area contributed by atoms with Gasteiger partial charge in [0, 0.05) is 13.6 Å². The van der Waals surface area contributed by atoms with Gasteiger partial charge in [0.1, 0.15) is 16.9 Å². The van der Waals surface area contributed by atoms with Gasteiger partial charge in [-0.2, -0.15) is 0 Å². The topological polar surface area (TPSA) is 103 Å².